The Hall–Kier alpha value is -1.88. The summed E-state index contributed by atoms with van der Waals surface area (Å²) in [6, 6.07) is 10.9. The maximum atomic E-state index is 12.0. The van der Waals surface area contributed by atoms with E-state index < -0.39 is 0 Å². The van der Waals surface area contributed by atoms with Crippen LogP contribution in [0.4, 0.5) is 11.4 Å². The molecule has 1 unspecified atom stereocenters. The van der Waals surface area contributed by atoms with Crippen LogP contribution in [0.3, 0.4) is 0 Å². The van der Waals surface area contributed by atoms with Gasteiger partial charge in [-0.2, -0.15) is 0 Å². The van der Waals surface area contributed by atoms with Gasteiger partial charge in [-0.15, -0.1) is 0 Å². The van der Waals surface area contributed by atoms with Crippen LogP contribution in [0.15, 0.2) is 53.3 Å². The second-order valence-electron chi connectivity index (χ2n) is 4.11. The van der Waals surface area contributed by atoms with Gasteiger partial charge in [-0.1, -0.05) is 18.2 Å². The van der Waals surface area contributed by atoms with Gasteiger partial charge in [0.2, 0.25) is 5.91 Å². The molecule has 1 heterocycles. The Morgan fingerprint density at radius 1 is 1.21 bits per heavy atom. The number of hydrogen-bond acceptors (Lipinski definition) is 3. The smallest absolute Gasteiger partial charge is 0.246 e. The highest BCUT2D eigenvalue weighted by molar-refractivity contribution is 9.10. The number of pyridine rings is 1. The van der Waals surface area contributed by atoms with E-state index in [2.05, 4.69) is 31.5 Å². The molecule has 2 N–H and O–H groups in total. The lowest BCUT2D eigenvalue weighted by molar-refractivity contribution is -0.116. The van der Waals surface area contributed by atoms with Crippen LogP contribution in [0.1, 0.15) is 6.92 Å². The van der Waals surface area contributed by atoms with Gasteiger partial charge in [0.05, 0.1) is 11.9 Å². The first-order valence-corrected chi connectivity index (χ1v) is 6.67. The second-order valence-corrected chi connectivity index (χ2v) is 5.03. The lowest BCUT2D eigenvalue weighted by atomic mass is 10.2. The molecule has 5 heteroatoms. The van der Waals surface area contributed by atoms with Crippen LogP contribution in [0.5, 0.6) is 0 Å². The van der Waals surface area contributed by atoms with Crippen LogP contribution < -0.4 is 10.6 Å². The molecule has 1 aromatic heterocycles. The van der Waals surface area contributed by atoms with Crippen molar-refractivity contribution in [3.63, 3.8) is 0 Å². The monoisotopic (exact) mass is 319 g/mol. The fourth-order valence-electron chi connectivity index (χ4n) is 1.58. The van der Waals surface area contributed by atoms with Crippen molar-refractivity contribution in [2.75, 3.05) is 10.6 Å². The van der Waals surface area contributed by atoms with Crippen molar-refractivity contribution in [3.05, 3.63) is 53.3 Å². The van der Waals surface area contributed by atoms with E-state index in [1.54, 1.807) is 19.3 Å². The summed E-state index contributed by atoms with van der Waals surface area (Å²) in [6.07, 6.45) is 3.37. The summed E-state index contributed by atoms with van der Waals surface area (Å²) in [5, 5.41) is 5.94. The summed E-state index contributed by atoms with van der Waals surface area (Å²) in [5.74, 6) is -0.0915. The third-order valence-electron chi connectivity index (χ3n) is 2.52. The van der Waals surface area contributed by atoms with E-state index in [-0.39, 0.29) is 11.9 Å². The number of anilines is 2. The third kappa shape index (κ3) is 4.06. The average molecular weight is 320 g/mol. The standard InChI is InChI=1S/C14H14BrN3O/c1-10(17-13-7-11(15)8-16-9-13)14(19)18-12-5-3-2-4-6-12/h2-10,17H,1H3,(H,18,19). The number of amides is 1. The van der Waals surface area contributed by atoms with Gasteiger partial charge in [-0.25, -0.2) is 0 Å². The van der Waals surface area contributed by atoms with Crippen LogP contribution in [0.2, 0.25) is 0 Å². The minimum absolute atomic E-state index is 0.0915. The van der Waals surface area contributed by atoms with Crippen LogP contribution in [-0.2, 0) is 4.79 Å². The van der Waals surface area contributed by atoms with Crippen molar-refractivity contribution in [2.45, 2.75) is 13.0 Å². The number of para-hydroxylation sites is 1. The Morgan fingerprint density at radius 2 is 1.95 bits per heavy atom. The molecule has 1 atom stereocenters. The molecule has 0 radical (unpaired) electrons. The molecule has 4 nitrogen and oxygen atoms in total. The topological polar surface area (TPSA) is 54.0 Å². The highest BCUT2D eigenvalue weighted by Gasteiger charge is 2.12. The van der Waals surface area contributed by atoms with E-state index in [1.165, 1.54) is 0 Å². The predicted octanol–water partition coefficient (Wildman–Crippen LogP) is 3.28. The SMILES string of the molecule is CC(Nc1cncc(Br)c1)C(=O)Nc1ccccc1. The summed E-state index contributed by atoms with van der Waals surface area (Å²) in [5.41, 5.74) is 1.58. The molecule has 0 bridgehead atoms. The zero-order chi connectivity index (χ0) is 13.7. The maximum Gasteiger partial charge on any atom is 0.246 e. The summed E-state index contributed by atoms with van der Waals surface area (Å²) in [7, 11) is 0. The van der Waals surface area contributed by atoms with Gasteiger partial charge < -0.3 is 10.6 Å². The average Bonchev–Trinajstić information content (AvgIpc) is 2.40. The van der Waals surface area contributed by atoms with Crippen molar-refractivity contribution < 1.29 is 4.79 Å². The van der Waals surface area contributed by atoms with Crippen molar-refractivity contribution in [2.24, 2.45) is 0 Å². The van der Waals surface area contributed by atoms with Gasteiger partial charge in [-0.3, -0.25) is 9.78 Å². The maximum absolute atomic E-state index is 12.0. The first kappa shape index (κ1) is 13.5. The summed E-state index contributed by atoms with van der Waals surface area (Å²) in [6.45, 7) is 1.80. The molecule has 0 aliphatic carbocycles. The number of benzene rings is 1. The molecule has 0 aliphatic heterocycles. The molecule has 0 aliphatic rings. The molecule has 2 rings (SSSR count). The van der Waals surface area contributed by atoms with Crippen molar-refractivity contribution >= 4 is 33.2 Å². The fraction of sp³-hybridized carbons (Fsp3) is 0.143. The molecular formula is C14H14BrN3O. The molecule has 0 spiro atoms. The van der Waals surface area contributed by atoms with Crippen LogP contribution in [0.25, 0.3) is 0 Å². The zero-order valence-electron chi connectivity index (χ0n) is 10.4. The summed E-state index contributed by atoms with van der Waals surface area (Å²) in [4.78, 5) is 16.0. The van der Waals surface area contributed by atoms with Gasteiger partial charge in [0.15, 0.2) is 0 Å². The first-order chi connectivity index (χ1) is 9.15. The Balaban J connectivity index is 1.96. The van der Waals surface area contributed by atoms with Crippen molar-refractivity contribution in [3.8, 4) is 0 Å². The minimum atomic E-state index is -0.351. The molecule has 98 valence electrons. The number of carbonyl (C=O) groups excluding carboxylic acids is 1. The van der Waals surface area contributed by atoms with E-state index >= 15 is 0 Å². The quantitative estimate of drug-likeness (QED) is 0.909. The second kappa shape index (κ2) is 6.33. The largest absolute Gasteiger partial charge is 0.373 e. The van der Waals surface area contributed by atoms with E-state index in [0.717, 1.165) is 15.8 Å². The summed E-state index contributed by atoms with van der Waals surface area (Å²) < 4.78 is 0.869. The van der Waals surface area contributed by atoms with Gasteiger partial charge in [-0.05, 0) is 41.1 Å². The number of hydrogen-bond donors (Lipinski definition) is 2. The normalized spacial score (nSPS) is 11.7. The van der Waals surface area contributed by atoms with Gasteiger partial charge in [0.25, 0.3) is 0 Å². The molecule has 0 saturated carbocycles. The Bertz CT molecular complexity index is 560. The van der Waals surface area contributed by atoms with Crippen LogP contribution >= 0.6 is 15.9 Å². The molecule has 0 saturated heterocycles. The number of carbonyl (C=O) groups is 1. The van der Waals surface area contributed by atoms with E-state index in [9.17, 15) is 4.79 Å². The molecule has 0 fully saturated rings. The molecular weight excluding hydrogens is 306 g/mol. The van der Waals surface area contributed by atoms with Crippen molar-refractivity contribution in [1.82, 2.24) is 4.98 Å². The third-order valence-corrected chi connectivity index (χ3v) is 2.96. The number of nitrogens with one attached hydrogen (secondary N) is 2. The van der Waals surface area contributed by atoms with E-state index in [0.29, 0.717) is 0 Å². The lowest BCUT2D eigenvalue weighted by Crippen LogP contribution is -2.31. The van der Waals surface area contributed by atoms with E-state index in [4.69, 9.17) is 0 Å². The highest BCUT2D eigenvalue weighted by Crippen LogP contribution is 2.15. The fourth-order valence-corrected chi connectivity index (χ4v) is 1.94. The number of aromatic nitrogens is 1. The first-order valence-electron chi connectivity index (χ1n) is 5.88. The molecule has 19 heavy (non-hydrogen) atoms. The van der Waals surface area contributed by atoms with Crippen LogP contribution in [-0.4, -0.2) is 16.9 Å². The number of halogens is 1. The van der Waals surface area contributed by atoms with Crippen molar-refractivity contribution in [1.29, 1.82) is 0 Å². The highest BCUT2D eigenvalue weighted by atomic mass is 79.9. The minimum Gasteiger partial charge on any atom is -0.373 e. The Labute approximate surface area is 120 Å². The Kier molecular flexibility index (Phi) is 4.52. The van der Waals surface area contributed by atoms with Gasteiger partial charge in [0.1, 0.15) is 6.04 Å². The Morgan fingerprint density at radius 3 is 2.63 bits per heavy atom. The zero-order valence-corrected chi connectivity index (χ0v) is 12.0. The van der Waals surface area contributed by atoms with E-state index in [1.807, 2.05) is 36.4 Å². The summed E-state index contributed by atoms with van der Waals surface area (Å²) >= 11 is 3.34. The number of nitrogens with zero attached hydrogens (tertiary/aromatic N) is 1. The molecule has 1 amide bonds. The van der Waals surface area contributed by atoms with Gasteiger partial charge >= 0.3 is 0 Å². The lowest BCUT2D eigenvalue weighted by Gasteiger charge is -2.15. The molecule has 2 aromatic rings. The molecule has 1 aromatic carbocycles. The van der Waals surface area contributed by atoms with Crippen LogP contribution in [0, 0.1) is 0 Å². The van der Waals surface area contributed by atoms with Gasteiger partial charge in [0, 0.05) is 16.4 Å². The predicted molar refractivity (Wildman–Crippen MR) is 80.1 cm³/mol. The number of rotatable bonds is 4.